The second kappa shape index (κ2) is 10.2. The number of morpholine rings is 1. The van der Waals surface area contributed by atoms with Crippen molar-refractivity contribution in [3.05, 3.63) is 74.8 Å². The lowest BCUT2D eigenvalue weighted by atomic mass is 10.2. The number of nitrogens with zero attached hydrogens (tertiary/aromatic N) is 2. The van der Waals surface area contributed by atoms with E-state index >= 15 is 0 Å². The SMILES string of the molecule is O=C(COC(=O)Cn1[nH]c(=O)c2ccccc2c1=O)Nc1ccc(CN2CCOCC2)cc1. The summed E-state index contributed by atoms with van der Waals surface area (Å²) in [7, 11) is 0. The first-order valence-corrected chi connectivity index (χ1v) is 10.6. The number of carbonyl (C=O) groups is 2. The number of anilines is 1. The van der Waals surface area contributed by atoms with Crippen molar-refractivity contribution >= 4 is 28.3 Å². The normalized spacial score (nSPS) is 14.2. The summed E-state index contributed by atoms with van der Waals surface area (Å²) < 4.78 is 11.2. The van der Waals surface area contributed by atoms with E-state index in [0.717, 1.165) is 43.1 Å². The highest BCUT2D eigenvalue weighted by Crippen LogP contribution is 2.12. The Balaban J connectivity index is 1.28. The number of nitrogens with one attached hydrogen (secondary N) is 2. The van der Waals surface area contributed by atoms with Crippen LogP contribution < -0.4 is 16.4 Å². The van der Waals surface area contributed by atoms with E-state index in [-0.39, 0.29) is 10.8 Å². The Labute approximate surface area is 188 Å². The van der Waals surface area contributed by atoms with E-state index < -0.39 is 36.1 Å². The number of H-pyrrole nitrogens is 1. The maximum Gasteiger partial charge on any atom is 0.328 e. The van der Waals surface area contributed by atoms with Gasteiger partial charge < -0.3 is 14.8 Å². The molecule has 0 radical (unpaired) electrons. The number of amides is 1. The van der Waals surface area contributed by atoms with Crippen LogP contribution in [0.1, 0.15) is 5.56 Å². The molecule has 0 saturated carbocycles. The third-order valence-electron chi connectivity index (χ3n) is 5.28. The number of esters is 1. The van der Waals surface area contributed by atoms with Crippen LogP contribution in [0.4, 0.5) is 5.69 Å². The summed E-state index contributed by atoms with van der Waals surface area (Å²) in [6.07, 6.45) is 0. The van der Waals surface area contributed by atoms with E-state index in [1.54, 1.807) is 24.3 Å². The van der Waals surface area contributed by atoms with Crippen LogP contribution in [0.25, 0.3) is 10.8 Å². The van der Waals surface area contributed by atoms with Gasteiger partial charge in [-0.2, -0.15) is 0 Å². The first-order chi connectivity index (χ1) is 16.0. The molecule has 1 amide bonds. The molecule has 0 bridgehead atoms. The molecule has 0 spiro atoms. The molecule has 172 valence electrons. The average molecular weight is 452 g/mol. The Morgan fingerprint density at radius 1 is 1.00 bits per heavy atom. The molecular weight excluding hydrogens is 428 g/mol. The molecule has 4 rings (SSSR count). The number of hydrogen-bond acceptors (Lipinski definition) is 7. The zero-order chi connectivity index (χ0) is 23.2. The molecule has 1 aliphatic rings. The molecule has 1 aromatic heterocycles. The summed E-state index contributed by atoms with van der Waals surface area (Å²) in [6.45, 7) is 3.04. The van der Waals surface area contributed by atoms with Gasteiger partial charge in [0.05, 0.1) is 24.0 Å². The molecule has 1 aliphatic heterocycles. The Kier molecular flexibility index (Phi) is 6.96. The minimum absolute atomic E-state index is 0.198. The number of hydrogen-bond donors (Lipinski definition) is 2. The number of fused-ring (bicyclic) bond motifs is 1. The van der Waals surface area contributed by atoms with Crippen molar-refractivity contribution < 1.29 is 19.1 Å². The first kappa shape index (κ1) is 22.4. The fourth-order valence-electron chi connectivity index (χ4n) is 3.59. The van der Waals surface area contributed by atoms with Crippen molar-refractivity contribution in [2.75, 3.05) is 38.2 Å². The predicted octanol–water partition coefficient (Wildman–Crippen LogP) is 0.704. The van der Waals surface area contributed by atoms with Crippen LogP contribution in [0.5, 0.6) is 0 Å². The molecule has 2 N–H and O–H groups in total. The summed E-state index contributed by atoms with van der Waals surface area (Å²) in [5, 5.41) is 5.45. The van der Waals surface area contributed by atoms with Crippen LogP contribution in [0.2, 0.25) is 0 Å². The Bertz CT molecular complexity index is 1260. The van der Waals surface area contributed by atoms with Gasteiger partial charge in [-0.15, -0.1) is 0 Å². The second-order valence-corrected chi connectivity index (χ2v) is 7.67. The van der Waals surface area contributed by atoms with Crippen molar-refractivity contribution in [1.29, 1.82) is 0 Å². The van der Waals surface area contributed by atoms with Crippen LogP contribution in [0.15, 0.2) is 58.1 Å². The van der Waals surface area contributed by atoms with Crippen LogP contribution >= 0.6 is 0 Å². The van der Waals surface area contributed by atoms with Crippen molar-refractivity contribution in [3.63, 3.8) is 0 Å². The van der Waals surface area contributed by atoms with Gasteiger partial charge in [0.15, 0.2) is 6.61 Å². The zero-order valence-electron chi connectivity index (χ0n) is 17.9. The van der Waals surface area contributed by atoms with E-state index in [1.807, 2.05) is 12.1 Å². The molecule has 10 heteroatoms. The lowest BCUT2D eigenvalue weighted by Crippen LogP contribution is -2.35. The molecule has 1 saturated heterocycles. The lowest BCUT2D eigenvalue weighted by molar-refractivity contribution is -0.148. The fourth-order valence-corrected chi connectivity index (χ4v) is 3.59. The first-order valence-electron chi connectivity index (χ1n) is 10.6. The number of benzene rings is 2. The summed E-state index contributed by atoms with van der Waals surface area (Å²) in [5.74, 6) is -1.33. The van der Waals surface area contributed by atoms with Crippen LogP contribution in [-0.2, 0) is 32.2 Å². The van der Waals surface area contributed by atoms with Crippen molar-refractivity contribution in [2.24, 2.45) is 0 Å². The van der Waals surface area contributed by atoms with Crippen LogP contribution in [0.3, 0.4) is 0 Å². The number of ether oxygens (including phenoxy) is 2. The maximum atomic E-state index is 12.4. The van der Waals surface area contributed by atoms with Crippen LogP contribution in [0, 0.1) is 0 Å². The summed E-state index contributed by atoms with van der Waals surface area (Å²) in [5.41, 5.74) is 0.685. The predicted molar refractivity (Wildman–Crippen MR) is 121 cm³/mol. The van der Waals surface area contributed by atoms with Gasteiger partial charge in [0.25, 0.3) is 17.0 Å². The molecule has 1 fully saturated rings. The molecule has 0 atom stereocenters. The van der Waals surface area contributed by atoms with E-state index in [4.69, 9.17) is 9.47 Å². The van der Waals surface area contributed by atoms with Crippen molar-refractivity contribution in [2.45, 2.75) is 13.1 Å². The minimum Gasteiger partial charge on any atom is -0.454 e. The molecule has 10 nitrogen and oxygen atoms in total. The molecule has 0 unspecified atom stereocenters. The van der Waals surface area contributed by atoms with Crippen LogP contribution in [-0.4, -0.2) is 59.5 Å². The molecule has 2 aromatic carbocycles. The van der Waals surface area contributed by atoms with E-state index in [1.165, 1.54) is 12.1 Å². The number of rotatable bonds is 7. The van der Waals surface area contributed by atoms with E-state index in [2.05, 4.69) is 15.3 Å². The maximum absolute atomic E-state index is 12.4. The molecular formula is C23H24N4O6. The lowest BCUT2D eigenvalue weighted by Gasteiger charge is -2.26. The van der Waals surface area contributed by atoms with Gasteiger partial charge in [-0.25, -0.2) is 4.68 Å². The second-order valence-electron chi connectivity index (χ2n) is 7.67. The summed E-state index contributed by atoms with van der Waals surface area (Å²) in [4.78, 5) is 51.1. The minimum atomic E-state index is -0.820. The molecule has 2 heterocycles. The third kappa shape index (κ3) is 5.73. The standard InChI is InChI=1S/C23H24N4O6/c28-20(24-17-7-5-16(6-8-17)13-26-9-11-32-12-10-26)15-33-21(29)14-27-23(31)19-4-2-1-3-18(19)22(30)25-27/h1-8H,9-15H2,(H,24,28)(H,25,30). The molecule has 0 aliphatic carbocycles. The van der Waals surface area contributed by atoms with E-state index in [0.29, 0.717) is 5.69 Å². The summed E-state index contributed by atoms with van der Waals surface area (Å²) in [6, 6.07) is 13.7. The Hall–Kier alpha value is -3.76. The van der Waals surface area contributed by atoms with E-state index in [9.17, 15) is 19.2 Å². The third-order valence-corrected chi connectivity index (χ3v) is 5.28. The molecule has 33 heavy (non-hydrogen) atoms. The Morgan fingerprint density at radius 3 is 2.42 bits per heavy atom. The highest BCUT2D eigenvalue weighted by molar-refractivity contribution is 5.92. The zero-order valence-corrected chi connectivity index (χ0v) is 17.9. The fraction of sp³-hybridized carbons (Fsp3) is 0.304. The van der Waals surface area contributed by atoms with Gasteiger partial charge in [0.1, 0.15) is 6.54 Å². The highest BCUT2D eigenvalue weighted by Gasteiger charge is 2.13. The smallest absolute Gasteiger partial charge is 0.328 e. The van der Waals surface area contributed by atoms with Gasteiger partial charge in [-0.1, -0.05) is 24.3 Å². The number of aromatic nitrogens is 2. The van der Waals surface area contributed by atoms with Crippen molar-refractivity contribution in [3.8, 4) is 0 Å². The number of carbonyl (C=O) groups excluding carboxylic acids is 2. The quantitative estimate of drug-likeness (QED) is 0.506. The van der Waals surface area contributed by atoms with Crippen molar-refractivity contribution in [1.82, 2.24) is 14.7 Å². The van der Waals surface area contributed by atoms with Gasteiger partial charge in [0.2, 0.25) is 0 Å². The Morgan fingerprint density at radius 2 is 1.70 bits per heavy atom. The van der Waals surface area contributed by atoms with Gasteiger partial charge in [0, 0.05) is 25.3 Å². The summed E-state index contributed by atoms with van der Waals surface area (Å²) >= 11 is 0. The topological polar surface area (TPSA) is 123 Å². The highest BCUT2D eigenvalue weighted by atomic mass is 16.5. The average Bonchev–Trinajstić information content (AvgIpc) is 2.83. The van der Waals surface area contributed by atoms with Gasteiger partial charge >= 0.3 is 5.97 Å². The number of aromatic amines is 1. The monoisotopic (exact) mass is 452 g/mol. The van der Waals surface area contributed by atoms with Gasteiger partial charge in [-0.05, 0) is 29.8 Å². The largest absolute Gasteiger partial charge is 0.454 e. The van der Waals surface area contributed by atoms with Gasteiger partial charge in [-0.3, -0.25) is 29.2 Å². The molecule has 3 aromatic rings.